The molecule has 278 valence electrons. The van der Waals surface area contributed by atoms with Crippen molar-refractivity contribution in [3.8, 4) is 40.1 Å². The van der Waals surface area contributed by atoms with Gasteiger partial charge in [-0.2, -0.15) is 0 Å². The van der Waals surface area contributed by atoms with Crippen molar-refractivity contribution in [2.24, 2.45) is 0 Å². The summed E-state index contributed by atoms with van der Waals surface area (Å²) in [6.07, 6.45) is 0. The molecule has 0 fully saturated rings. The molecule has 0 bridgehead atoms. The van der Waals surface area contributed by atoms with Gasteiger partial charge in [0.05, 0.1) is 33.1 Å². The molecule has 0 amide bonds. The third-order valence-corrected chi connectivity index (χ3v) is 14.3. The van der Waals surface area contributed by atoms with Crippen molar-refractivity contribution in [2.45, 2.75) is 0 Å². The summed E-state index contributed by atoms with van der Waals surface area (Å²) in [5.41, 5.74) is 18.1. The van der Waals surface area contributed by atoms with Crippen LogP contribution in [0.4, 0.5) is 0 Å². The number of aromatic nitrogens is 3. The van der Waals surface area contributed by atoms with Gasteiger partial charge in [-0.05, 0) is 93.4 Å². The van der Waals surface area contributed by atoms with E-state index in [1.165, 1.54) is 98.5 Å². The molecule has 4 aliphatic heterocycles. The number of fused-ring (bicyclic) bond motifs is 19. The van der Waals surface area contributed by atoms with Crippen LogP contribution in [0.1, 0.15) is 0 Å². The van der Waals surface area contributed by atoms with Crippen molar-refractivity contribution < 1.29 is 9.47 Å². The lowest BCUT2D eigenvalue weighted by atomic mass is 9.34. The van der Waals surface area contributed by atoms with Crippen LogP contribution >= 0.6 is 0 Å². The monoisotopic (exact) mass is 773 g/mol. The molecule has 0 saturated carbocycles. The molecule has 0 spiro atoms. The van der Waals surface area contributed by atoms with E-state index in [4.69, 9.17) is 9.47 Å². The molecular formula is C54H29B2N3O2. The Hall–Kier alpha value is -7.89. The molecule has 0 saturated heterocycles. The van der Waals surface area contributed by atoms with Crippen LogP contribution in [0.2, 0.25) is 0 Å². The van der Waals surface area contributed by atoms with E-state index in [1.54, 1.807) is 0 Å². The van der Waals surface area contributed by atoms with Gasteiger partial charge < -0.3 is 23.2 Å². The first kappa shape index (κ1) is 31.1. The van der Waals surface area contributed by atoms with E-state index >= 15 is 0 Å². The minimum atomic E-state index is 0.00301. The van der Waals surface area contributed by atoms with Crippen LogP contribution in [0.3, 0.4) is 0 Å². The summed E-state index contributed by atoms with van der Waals surface area (Å²) in [6, 6.07) is 64.6. The summed E-state index contributed by atoms with van der Waals surface area (Å²) >= 11 is 0. The Labute approximate surface area is 349 Å². The molecule has 0 atom stereocenters. The van der Waals surface area contributed by atoms with Gasteiger partial charge >= 0.3 is 0 Å². The van der Waals surface area contributed by atoms with Crippen LogP contribution in [0.15, 0.2) is 176 Å². The van der Waals surface area contributed by atoms with Gasteiger partial charge in [-0.3, -0.25) is 0 Å². The Kier molecular flexibility index (Phi) is 5.42. The molecule has 16 rings (SSSR count). The summed E-state index contributed by atoms with van der Waals surface area (Å²) in [5, 5.41) is 7.44. The maximum Gasteiger partial charge on any atom is 0.256 e. The second-order valence-corrected chi connectivity index (χ2v) is 17.1. The molecule has 9 aromatic carbocycles. The van der Waals surface area contributed by atoms with Gasteiger partial charge in [0.25, 0.3) is 13.4 Å². The molecule has 0 radical (unpaired) electrons. The highest BCUT2D eigenvalue weighted by atomic mass is 16.5. The zero-order valence-electron chi connectivity index (χ0n) is 32.6. The number of para-hydroxylation sites is 5. The van der Waals surface area contributed by atoms with Gasteiger partial charge in [0, 0.05) is 61.5 Å². The van der Waals surface area contributed by atoms with E-state index in [1.807, 2.05) is 0 Å². The number of ether oxygens (including phenoxy) is 2. The largest absolute Gasteiger partial charge is 0.458 e. The van der Waals surface area contributed by atoms with Gasteiger partial charge in [-0.15, -0.1) is 0 Å². The molecule has 3 aromatic heterocycles. The fourth-order valence-electron chi connectivity index (χ4n) is 12.0. The highest BCUT2D eigenvalue weighted by Crippen LogP contribution is 2.43. The molecule has 0 N–H and O–H groups in total. The second-order valence-electron chi connectivity index (χ2n) is 17.1. The van der Waals surface area contributed by atoms with Crippen molar-refractivity contribution in [3.63, 3.8) is 0 Å². The molecule has 0 unspecified atom stereocenters. The lowest BCUT2D eigenvalue weighted by Gasteiger charge is -2.33. The van der Waals surface area contributed by atoms with Crippen LogP contribution < -0.4 is 42.3 Å². The molecule has 12 aromatic rings. The first-order valence-corrected chi connectivity index (χ1v) is 21.2. The van der Waals surface area contributed by atoms with Crippen molar-refractivity contribution in [1.29, 1.82) is 0 Å². The Morgan fingerprint density at radius 2 is 0.770 bits per heavy atom. The number of hydrogen-bond donors (Lipinski definition) is 0. The van der Waals surface area contributed by atoms with Crippen LogP contribution in [0.5, 0.6) is 23.0 Å². The summed E-state index contributed by atoms with van der Waals surface area (Å²) in [7, 11) is 0. The fourth-order valence-corrected chi connectivity index (χ4v) is 12.0. The third-order valence-electron chi connectivity index (χ3n) is 14.3. The smallest absolute Gasteiger partial charge is 0.256 e. The zero-order valence-corrected chi connectivity index (χ0v) is 32.6. The zero-order chi connectivity index (χ0) is 39.2. The minimum Gasteiger partial charge on any atom is -0.458 e. The molecule has 7 heterocycles. The fraction of sp³-hybridized carbons (Fsp3) is 0. The Morgan fingerprint density at radius 1 is 0.311 bits per heavy atom. The van der Waals surface area contributed by atoms with E-state index in [2.05, 4.69) is 190 Å². The lowest BCUT2D eigenvalue weighted by Crippen LogP contribution is -2.58. The first-order valence-electron chi connectivity index (χ1n) is 21.2. The molecule has 7 heteroatoms. The Morgan fingerprint density at radius 3 is 1.30 bits per heavy atom. The lowest BCUT2D eigenvalue weighted by molar-refractivity contribution is 0.488. The molecular weight excluding hydrogens is 744 g/mol. The van der Waals surface area contributed by atoms with Crippen molar-refractivity contribution >= 4 is 112 Å². The normalized spacial score (nSPS) is 13.8. The van der Waals surface area contributed by atoms with E-state index in [9.17, 15) is 0 Å². The average molecular weight is 773 g/mol. The molecule has 5 nitrogen and oxygen atoms in total. The second kappa shape index (κ2) is 10.6. The van der Waals surface area contributed by atoms with Gasteiger partial charge in [0.1, 0.15) is 23.0 Å². The van der Waals surface area contributed by atoms with Crippen LogP contribution in [0, 0.1) is 0 Å². The van der Waals surface area contributed by atoms with Gasteiger partial charge in [-0.1, -0.05) is 103 Å². The van der Waals surface area contributed by atoms with Crippen molar-refractivity contribution in [2.75, 3.05) is 0 Å². The van der Waals surface area contributed by atoms with Crippen LogP contribution in [-0.2, 0) is 0 Å². The van der Waals surface area contributed by atoms with E-state index < -0.39 is 0 Å². The maximum absolute atomic E-state index is 7.09. The average Bonchev–Trinajstić information content (AvgIpc) is 3.95. The highest BCUT2D eigenvalue weighted by Gasteiger charge is 2.43. The van der Waals surface area contributed by atoms with Crippen LogP contribution in [0.25, 0.3) is 82.5 Å². The summed E-state index contributed by atoms with van der Waals surface area (Å²) in [6.45, 7) is 0.00602. The van der Waals surface area contributed by atoms with Gasteiger partial charge in [0.2, 0.25) is 0 Å². The Bertz CT molecular complexity index is 3790. The predicted octanol–water partition coefficient (Wildman–Crippen LogP) is 8.85. The topological polar surface area (TPSA) is 33.2 Å². The maximum atomic E-state index is 7.09. The SMILES string of the molecule is c1ccc(-n2c3cc4c(cc3c3cc5c(cc32)Oc2ccc3c6ccccc6n6c3c2B5c2ccccc2-6)B2c3ccccc3-n3c5ccccc5c5ccc(c2c53)O4)cc1. The quantitative estimate of drug-likeness (QED) is 0.156. The minimum absolute atomic E-state index is 0.00301. The van der Waals surface area contributed by atoms with Gasteiger partial charge in [0.15, 0.2) is 0 Å². The van der Waals surface area contributed by atoms with E-state index in [-0.39, 0.29) is 13.4 Å². The molecule has 61 heavy (non-hydrogen) atoms. The first-order chi connectivity index (χ1) is 30.3. The number of nitrogens with zero attached hydrogens (tertiary/aromatic N) is 3. The highest BCUT2D eigenvalue weighted by molar-refractivity contribution is 7.00. The van der Waals surface area contributed by atoms with Crippen molar-refractivity contribution in [3.05, 3.63) is 176 Å². The van der Waals surface area contributed by atoms with Crippen LogP contribution in [-0.4, -0.2) is 27.1 Å². The molecule has 0 aliphatic carbocycles. The number of hydrogen-bond acceptors (Lipinski definition) is 2. The predicted molar refractivity (Wildman–Crippen MR) is 252 cm³/mol. The van der Waals surface area contributed by atoms with E-state index in [0.717, 1.165) is 39.7 Å². The van der Waals surface area contributed by atoms with Gasteiger partial charge in [-0.25, -0.2) is 0 Å². The number of rotatable bonds is 1. The standard InChI is InChI=1S/C54H29B2N3O2/c1-2-12-30(13-3-1)57-45-28-49-39(55-37-16-6-10-20-43(37)58-41-18-8-4-14-31(41)33-22-24-47(60-49)51(55)53(33)58)26-35(45)36-27-40-50(29-46(36)57)61-48-25-23-34-32-15-5-9-19-42(32)59-44-21-11-7-17-38(44)56(40)52(48)54(34)59/h1-29H. The molecule has 4 aliphatic rings. The third kappa shape index (κ3) is 3.62. The summed E-state index contributed by atoms with van der Waals surface area (Å²) < 4.78 is 21.5. The number of benzene rings is 9. The van der Waals surface area contributed by atoms with E-state index in [0.29, 0.717) is 0 Å². The Balaban J connectivity index is 1.01. The summed E-state index contributed by atoms with van der Waals surface area (Å²) in [4.78, 5) is 0. The van der Waals surface area contributed by atoms with Crippen molar-refractivity contribution in [1.82, 2.24) is 13.7 Å². The summed E-state index contributed by atoms with van der Waals surface area (Å²) in [5.74, 6) is 3.64.